The second kappa shape index (κ2) is 9.91. The number of nitrogens with zero attached hydrogens (tertiary/aromatic N) is 1. The highest BCUT2D eigenvalue weighted by atomic mass is 16.5. The summed E-state index contributed by atoms with van der Waals surface area (Å²) in [5.41, 5.74) is 1.31. The fourth-order valence-corrected chi connectivity index (χ4v) is 2.82. The van der Waals surface area contributed by atoms with Crippen LogP contribution in [-0.4, -0.2) is 60.8 Å². The summed E-state index contributed by atoms with van der Waals surface area (Å²) in [5, 5.41) is 14.5. The second-order valence-electron chi connectivity index (χ2n) is 6.82. The van der Waals surface area contributed by atoms with E-state index in [1.807, 2.05) is 6.07 Å². The monoisotopic (exact) mass is 377 g/mol. The number of hydrogen-bond acceptors (Lipinski definition) is 4. The van der Waals surface area contributed by atoms with Gasteiger partial charge in [-0.05, 0) is 30.5 Å². The van der Waals surface area contributed by atoms with Gasteiger partial charge in [0.2, 0.25) is 0 Å². The number of carboxylic acids is 1. The van der Waals surface area contributed by atoms with Crippen LogP contribution >= 0.6 is 0 Å². The first-order valence-electron chi connectivity index (χ1n) is 9.07. The zero-order valence-electron chi connectivity index (χ0n) is 15.7. The van der Waals surface area contributed by atoms with E-state index in [1.165, 1.54) is 4.90 Å². The normalized spacial score (nSPS) is 17.2. The Morgan fingerprint density at radius 3 is 2.78 bits per heavy atom. The van der Waals surface area contributed by atoms with E-state index in [2.05, 4.69) is 10.6 Å². The SMILES string of the molecule is CC(CN(C)C(=O)NCc1cccc(C(=O)NCC2CCCO2)c1)C(=O)O. The molecule has 27 heavy (non-hydrogen) atoms. The summed E-state index contributed by atoms with van der Waals surface area (Å²) in [6.45, 7) is 3.15. The van der Waals surface area contributed by atoms with Crippen molar-refractivity contribution in [3.05, 3.63) is 35.4 Å². The molecule has 2 unspecified atom stereocenters. The lowest BCUT2D eigenvalue weighted by Gasteiger charge is -2.20. The van der Waals surface area contributed by atoms with E-state index >= 15 is 0 Å². The van der Waals surface area contributed by atoms with Crippen molar-refractivity contribution in [3.63, 3.8) is 0 Å². The standard InChI is InChI=1S/C19H27N3O5/c1-13(18(24)25)12-22(2)19(26)21-10-14-5-3-6-15(9-14)17(23)20-11-16-7-4-8-27-16/h3,5-6,9,13,16H,4,7-8,10-12H2,1-2H3,(H,20,23)(H,21,26)(H,24,25). The maximum Gasteiger partial charge on any atom is 0.317 e. The van der Waals surface area contributed by atoms with Crippen molar-refractivity contribution in [2.75, 3.05) is 26.7 Å². The van der Waals surface area contributed by atoms with Gasteiger partial charge in [-0.3, -0.25) is 9.59 Å². The van der Waals surface area contributed by atoms with E-state index in [0.29, 0.717) is 12.1 Å². The zero-order chi connectivity index (χ0) is 19.8. The maximum atomic E-state index is 12.3. The predicted octanol–water partition coefficient (Wildman–Crippen LogP) is 1.46. The van der Waals surface area contributed by atoms with Gasteiger partial charge in [0.15, 0.2) is 0 Å². The number of urea groups is 1. The summed E-state index contributed by atoms with van der Waals surface area (Å²) in [6, 6.07) is 6.66. The third-order valence-corrected chi connectivity index (χ3v) is 4.46. The summed E-state index contributed by atoms with van der Waals surface area (Å²) >= 11 is 0. The Bertz CT molecular complexity index is 673. The Morgan fingerprint density at radius 1 is 1.33 bits per heavy atom. The molecule has 148 valence electrons. The van der Waals surface area contributed by atoms with E-state index in [-0.39, 0.29) is 31.1 Å². The number of carboxylic acid groups (broad SMARTS) is 1. The first-order valence-corrected chi connectivity index (χ1v) is 9.07. The number of rotatable bonds is 8. The molecule has 3 amide bonds. The van der Waals surface area contributed by atoms with Gasteiger partial charge in [-0.25, -0.2) is 4.79 Å². The summed E-state index contributed by atoms with van der Waals surface area (Å²) < 4.78 is 5.49. The maximum absolute atomic E-state index is 12.3. The quantitative estimate of drug-likeness (QED) is 0.636. The largest absolute Gasteiger partial charge is 0.481 e. The second-order valence-corrected chi connectivity index (χ2v) is 6.82. The van der Waals surface area contributed by atoms with Crippen LogP contribution in [0.3, 0.4) is 0 Å². The van der Waals surface area contributed by atoms with E-state index in [1.54, 1.807) is 32.2 Å². The van der Waals surface area contributed by atoms with Crippen LogP contribution in [0, 0.1) is 5.92 Å². The molecule has 1 aromatic carbocycles. The third kappa shape index (κ3) is 6.56. The molecule has 0 saturated carbocycles. The number of benzene rings is 1. The molecule has 3 N–H and O–H groups in total. The molecule has 8 heteroatoms. The van der Waals surface area contributed by atoms with E-state index in [0.717, 1.165) is 25.0 Å². The van der Waals surface area contributed by atoms with Crippen molar-refractivity contribution >= 4 is 17.9 Å². The summed E-state index contributed by atoms with van der Waals surface area (Å²) in [5.74, 6) is -1.76. The van der Waals surface area contributed by atoms with Crippen molar-refractivity contribution in [2.45, 2.75) is 32.4 Å². The lowest BCUT2D eigenvalue weighted by atomic mass is 10.1. The lowest BCUT2D eigenvalue weighted by molar-refractivity contribution is -0.141. The minimum Gasteiger partial charge on any atom is -0.481 e. The average molecular weight is 377 g/mol. The van der Waals surface area contributed by atoms with Crippen molar-refractivity contribution in [1.82, 2.24) is 15.5 Å². The molecule has 2 atom stereocenters. The number of nitrogens with one attached hydrogen (secondary N) is 2. The number of carbonyl (C=O) groups excluding carboxylic acids is 2. The van der Waals surface area contributed by atoms with Crippen molar-refractivity contribution in [3.8, 4) is 0 Å². The molecule has 1 fully saturated rings. The van der Waals surface area contributed by atoms with Crippen LogP contribution in [0.5, 0.6) is 0 Å². The van der Waals surface area contributed by atoms with Crippen LogP contribution in [0.4, 0.5) is 4.79 Å². The topological polar surface area (TPSA) is 108 Å². The molecule has 1 aliphatic rings. The van der Waals surface area contributed by atoms with Crippen LogP contribution in [0.25, 0.3) is 0 Å². The van der Waals surface area contributed by atoms with Gasteiger partial charge < -0.3 is 25.4 Å². The molecule has 1 saturated heterocycles. The Labute approximate surface area is 158 Å². The van der Waals surface area contributed by atoms with E-state index in [4.69, 9.17) is 9.84 Å². The first kappa shape index (κ1) is 20.7. The predicted molar refractivity (Wildman–Crippen MR) is 99.4 cm³/mol. The third-order valence-electron chi connectivity index (χ3n) is 4.46. The molecule has 0 spiro atoms. The number of amides is 3. The molecule has 0 radical (unpaired) electrons. The summed E-state index contributed by atoms with van der Waals surface area (Å²) in [4.78, 5) is 36.5. The number of aliphatic carboxylic acids is 1. The highest BCUT2D eigenvalue weighted by Gasteiger charge is 2.18. The lowest BCUT2D eigenvalue weighted by Crippen LogP contribution is -2.40. The molecule has 1 aliphatic heterocycles. The first-order chi connectivity index (χ1) is 12.9. The molecule has 1 aromatic rings. The highest BCUT2D eigenvalue weighted by Crippen LogP contribution is 2.11. The Hall–Kier alpha value is -2.61. The van der Waals surface area contributed by atoms with Crippen LogP contribution in [-0.2, 0) is 16.1 Å². The molecule has 0 bridgehead atoms. The Balaban J connectivity index is 1.82. The molecular formula is C19H27N3O5. The Morgan fingerprint density at radius 2 is 2.11 bits per heavy atom. The zero-order valence-corrected chi connectivity index (χ0v) is 15.7. The average Bonchev–Trinajstić information content (AvgIpc) is 3.17. The Kier molecular flexibility index (Phi) is 7.60. The molecule has 0 aromatic heterocycles. The van der Waals surface area contributed by atoms with Gasteiger partial charge in [0.05, 0.1) is 12.0 Å². The summed E-state index contributed by atoms with van der Waals surface area (Å²) in [6.07, 6.45) is 2.07. The van der Waals surface area contributed by atoms with Crippen LogP contribution in [0.2, 0.25) is 0 Å². The van der Waals surface area contributed by atoms with Crippen LogP contribution < -0.4 is 10.6 Å². The smallest absolute Gasteiger partial charge is 0.317 e. The van der Waals surface area contributed by atoms with Crippen molar-refractivity contribution in [1.29, 1.82) is 0 Å². The van der Waals surface area contributed by atoms with Crippen LogP contribution in [0.15, 0.2) is 24.3 Å². The fourth-order valence-electron chi connectivity index (χ4n) is 2.82. The molecule has 8 nitrogen and oxygen atoms in total. The molecule has 1 heterocycles. The van der Waals surface area contributed by atoms with E-state index in [9.17, 15) is 14.4 Å². The van der Waals surface area contributed by atoms with Gasteiger partial charge in [-0.1, -0.05) is 19.1 Å². The van der Waals surface area contributed by atoms with Gasteiger partial charge >= 0.3 is 12.0 Å². The number of ether oxygens (including phenoxy) is 1. The van der Waals surface area contributed by atoms with Gasteiger partial charge in [0.1, 0.15) is 0 Å². The van der Waals surface area contributed by atoms with Gasteiger partial charge in [0, 0.05) is 38.9 Å². The van der Waals surface area contributed by atoms with Gasteiger partial charge in [-0.2, -0.15) is 0 Å². The van der Waals surface area contributed by atoms with E-state index < -0.39 is 11.9 Å². The number of carbonyl (C=O) groups is 3. The minimum absolute atomic E-state index is 0.0835. The molecule has 2 rings (SSSR count). The van der Waals surface area contributed by atoms with Gasteiger partial charge in [0.25, 0.3) is 5.91 Å². The highest BCUT2D eigenvalue weighted by molar-refractivity contribution is 5.94. The van der Waals surface area contributed by atoms with Crippen LogP contribution in [0.1, 0.15) is 35.7 Å². The minimum atomic E-state index is -0.948. The molecular weight excluding hydrogens is 350 g/mol. The van der Waals surface area contributed by atoms with Gasteiger partial charge in [-0.15, -0.1) is 0 Å². The number of hydrogen-bond donors (Lipinski definition) is 3. The molecule has 0 aliphatic carbocycles. The van der Waals surface area contributed by atoms with Crippen molar-refractivity contribution < 1.29 is 24.2 Å². The van der Waals surface area contributed by atoms with Crippen molar-refractivity contribution in [2.24, 2.45) is 5.92 Å². The fraction of sp³-hybridized carbons (Fsp3) is 0.526. The summed E-state index contributed by atoms with van der Waals surface area (Å²) in [7, 11) is 1.55.